The van der Waals surface area contributed by atoms with Crippen molar-refractivity contribution >= 4 is 23.1 Å². The number of urea groups is 1. The molecule has 0 saturated carbocycles. The molecule has 0 spiro atoms. The van der Waals surface area contributed by atoms with Crippen LogP contribution in [0.2, 0.25) is 0 Å². The zero-order valence-corrected chi connectivity index (χ0v) is 14.9. The van der Waals surface area contributed by atoms with Gasteiger partial charge in [0, 0.05) is 24.5 Å². The predicted octanol–water partition coefficient (Wildman–Crippen LogP) is 1.19. The van der Waals surface area contributed by atoms with Gasteiger partial charge in [-0.1, -0.05) is 12.1 Å². The van der Waals surface area contributed by atoms with Crippen LogP contribution in [0.25, 0.3) is 0 Å². The van der Waals surface area contributed by atoms with Gasteiger partial charge in [-0.3, -0.25) is 0 Å². The molecule has 0 atom stereocenters. The Hall–Kier alpha value is -2.40. The van der Waals surface area contributed by atoms with E-state index in [9.17, 15) is 9.90 Å². The number of phenolic OH excluding ortho intramolecular Hbond substituents is 1. The summed E-state index contributed by atoms with van der Waals surface area (Å²) in [6.07, 6.45) is 0. The number of halogens is 1. The van der Waals surface area contributed by atoms with Crippen LogP contribution in [-0.2, 0) is 0 Å². The fourth-order valence-electron chi connectivity index (χ4n) is 2.43. The smallest absolute Gasteiger partial charge is 0.323 e. The number of anilines is 3. The first-order valence-corrected chi connectivity index (χ1v) is 7.76. The van der Waals surface area contributed by atoms with Gasteiger partial charge < -0.3 is 33.0 Å². The van der Waals surface area contributed by atoms with Crippen LogP contribution >= 0.6 is 0 Å². The lowest BCUT2D eigenvalue weighted by Crippen LogP contribution is -3.00. The van der Waals surface area contributed by atoms with E-state index >= 15 is 0 Å². The van der Waals surface area contributed by atoms with E-state index in [1.165, 1.54) is 6.07 Å². The van der Waals surface area contributed by atoms with Gasteiger partial charge in [-0.15, -0.1) is 0 Å². The van der Waals surface area contributed by atoms with Gasteiger partial charge in [0.25, 0.3) is 0 Å². The number of nitrogens with one attached hydrogen (secondary N) is 2. The Morgan fingerprint density at radius 2 is 1.67 bits per heavy atom. The number of benzene rings is 2. The number of carbonyl (C=O) groups is 1. The third kappa shape index (κ3) is 4.80. The summed E-state index contributed by atoms with van der Waals surface area (Å²) in [5.74, 6) is 0.0382. The summed E-state index contributed by atoms with van der Waals surface area (Å²) in [5, 5.41) is 15.1. The second-order valence-electron chi connectivity index (χ2n) is 5.27. The lowest BCUT2D eigenvalue weighted by molar-refractivity contribution is -0.00000863. The zero-order valence-electron chi connectivity index (χ0n) is 14.1. The van der Waals surface area contributed by atoms with Gasteiger partial charge in [0.2, 0.25) is 0 Å². The standard InChI is InChI=1S/C18H23N3O2.ClH/c1-4-21(5-2)14-10-11-15(13(3)12-14)19-18(23)20-16-8-6-7-9-17(16)22;/h6-12,22H,4-5H2,1-3H3,(H2,19,20,23);1H/p-1. The van der Waals surface area contributed by atoms with E-state index in [1.807, 2.05) is 19.1 Å². The second-order valence-corrected chi connectivity index (χ2v) is 5.27. The molecule has 6 heteroatoms. The summed E-state index contributed by atoms with van der Waals surface area (Å²) in [6, 6.07) is 12.2. The van der Waals surface area contributed by atoms with Crippen LogP contribution < -0.4 is 27.9 Å². The monoisotopic (exact) mass is 348 g/mol. The minimum Gasteiger partial charge on any atom is -1.00 e. The number of hydrogen-bond acceptors (Lipinski definition) is 3. The molecule has 0 heterocycles. The van der Waals surface area contributed by atoms with E-state index in [-0.39, 0.29) is 24.2 Å². The molecule has 0 aromatic heterocycles. The summed E-state index contributed by atoms with van der Waals surface area (Å²) < 4.78 is 0. The maximum Gasteiger partial charge on any atom is 0.323 e. The number of aromatic hydroxyl groups is 1. The molecule has 5 nitrogen and oxygen atoms in total. The van der Waals surface area contributed by atoms with Crippen molar-refractivity contribution in [2.75, 3.05) is 28.6 Å². The van der Waals surface area contributed by atoms with Crippen LogP contribution in [0, 0.1) is 6.92 Å². The highest BCUT2D eigenvalue weighted by Gasteiger charge is 2.09. The van der Waals surface area contributed by atoms with Crippen molar-refractivity contribution in [3.05, 3.63) is 48.0 Å². The van der Waals surface area contributed by atoms with Crippen LogP contribution in [0.1, 0.15) is 19.4 Å². The molecule has 2 amide bonds. The van der Waals surface area contributed by atoms with E-state index in [0.29, 0.717) is 5.69 Å². The van der Waals surface area contributed by atoms with Crippen molar-refractivity contribution < 1.29 is 22.3 Å². The van der Waals surface area contributed by atoms with Gasteiger partial charge >= 0.3 is 6.03 Å². The lowest BCUT2D eigenvalue weighted by atomic mass is 10.1. The molecule has 0 saturated heterocycles. The Morgan fingerprint density at radius 3 is 2.25 bits per heavy atom. The largest absolute Gasteiger partial charge is 1.00 e. The van der Waals surface area contributed by atoms with E-state index in [2.05, 4.69) is 35.4 Å². The molecule has 2 aromatic carbocycles. The number of para-hydroxylation sites is 2. The first kappa shape index (κ1) is 19.6. The Bertz CT molecular complexity index is 688. The van der Waals surface area contributed by atoms with Gasteiger partial charge in [0.15, 0.2) is 0 Å². The third-order valence-electron chi connectivity index (χ3n) is 3.74. The normalized spacial score (nSPS) is 9.79. The number of hydrogen-bond donors (Lipinski definition) is 3. The highest BCUT2D eigenvalue weighted by Crippen LogP contribution is 2.24. The molecule has 0 radical (unpaired) electrons. The predicted molar refractivity (Wildman–Crippen MR) is 95.5 cm³/mol. The number of aryl methyl sites for hydroxylation is 1. The fraction of sp³-hybridized carbons (Fsp3) is 0.278. The van der Waals surface area contributed by atoms with E-state index in [4.69, 9.17) is 0 Å². The molecule has 130 valence electrons. The van der Waals surface area contributed by atoms with Crippen molar-refractivity contribution in [2.45, 2.75) is 20.8 Å². The molecule has 3 N–H and O–H groups in total. The first-order chi connectivity index (χ1) is 11.0. The van der Waals surface area contributed by atoms with Gasteiger partial charge in [0.1, 0.15) is 5.75 Å². The Balaban J connectivity index is 0.00000288. The fourth-order valence-corrected chi connectivity index (χ4v) is 2.43. The van der Waals surface area contributed by atoms with Crippen molar-refractivity contribution in [1.29, 1.82) is 0 Å². The van der Waals surface area contributed by atoms with Gasteiger partial charge in [0.05, 0.1) is 5.69 Å². The van der Waals surface area contributed by atoms with E-state index in [1.54, 1.807) is 18.2 Å². The molecule has 0 aliphatic heterocycles. The summed E-state index contributed by atoms with van der Waals surface area (Å²) >= 11 is 0. The molecule has 0 fully saturated rings. The SMILES string of the molecule is CCN(CC)c1ccc(NC(=O)Nc2ccccc2O)c(C)c1.[Cl-]. The third-order valence-corrected chi connectivity index (χ3v) is 3.74. The minimum absolute atomic E-state index is 0. The number of rotatable bonds is 5. The lowest BCUT2D eigenvalue weighted by Gasteiger charge is -2.22. The Kier molecular flexibility index (Phi) is 7.39. The van der Waals surface area contributed by atoms with Crippen molar-refractivity contribution in [2.24, 2.45) is 0 Å². The van der Waals surface area contributed by atoms with Crippen LogP contribution in [0.15, 0.2) is 42.5 Å². The summed E-state index contributed by atoms with van der Waals surface area (Å²) in [7, 11) is 0. The number of nitrogens with zero attached hydrogens (tertiary/aromatic N) is 1. The summed E-state index contributed by atoms with van der Waals surface area (Å²) in [5.41, 5.74) is 3.25. The highest BCUT2D eigenvalue weighted by molar-refractivity contribution is 6.01. The summed E-state index contributed by atoms with van der Waals surface area (Å²) in [6.45, 7) is 8.07. The molecule has 2 rings (SSSR count). The van der Waals surface area contributed by atoms with Gasteiger partial charge in [-0.25, -0.2) is 4.79 Å². The van der Waals surface area contributed by atoms with Crippen molar-refractivity contribution in [3.8, 4) is 5.75 Å². The average molecular weight is 349 g/mol. The quantitative estimate of drug-likeness (QED) is 0.711. The molecule has 24 heavy (non-hydrogen) atoms. The van der Waals surface area contributed by atoms with Crippen LogP contribution in [0.5, 0.6) is 5.75 Å². The molecular formula is C18H23ClN3O2-. The highest BCUT2D eigenvalue weighted by atomic mass is 35.5. The maximum atomic E-state index is 12.1. The van der Waals surface area contributed by atoms with Crippen LogP contribution in [0.3, 0.4) is 0 Å². The topological polar surface area (TPSA) is 64.6 Å². The van der Waals surface area contributed by atoms with Crippen LogP contribution in [0.4, 0.5) is 21.9 Å². The van der Waals surface area contributed by atoms with E-state index in [0.717, 1.165) is 30.0 Å². The molecule has 0 aliphatic carbocycles. The van der Waals surface area contributed by atoms with Gasteiger partial charge in [-0.05, 0) is 56.7 Å². The first-order valence-electron chi connectivity index (χ1n) is 7.76. The van der Waals surface area contributed by atoms with Crippen molar-refractivity contribution in [3.63, 3.8) is 0 Å². The zero-order chi connectivity index (χ0) is 16.8. The Morgan fingerprint density at radius 1 is 1.04 bits per heavy atom. The summed E-state index contributed by atoms with van der Waals surface area (Å²) in [4.78, 5) is 14.3. The minimum atomic E-state index is -0.384. The number of phenols is 1. The second kappa shape index (κ2) is 9.03. The Labute approximate surface area is 149 Å². The maximum absolute atomic E-state index is 12.1. The van der Waals surface area contributed by atoms with Gasteiger partial charge in [-0.2, -0.15) is 0 Å². The molecule has 0 aliphatic rings. The molecule has 2 aromatic rings. The average Bonchev–Trinajstić information content (AvgIpc) is 2.53. The molecular weight excluding hydrogens is 326 g/mol. The van der Waals surface area contributed by atoms with Crippen molar-refractivity contribution in [1.82, 2.24) is 0 Å². The van der Waals surface area contributed by atoms with E-state index < -0.39 is 0 Å². The number of carbonyl (C=O) groups excluding carboxylic acids is 1. The molecule has 0 unspecified atom stereocenters. The van der Waals surface area contributed by atoms with Crippen LogP contribution in [-0.4, -0.2) is 24.2 Å². The number of amides is 2. The molecule has 0 bridgehead atoms.